The number of halogens is 1. The molecule has 0 atom stereocenters. The number of ether oxygens (including phenoxy) is 2. The summed E-state index contributed by atoms with van der Waals surface area (Å²) in [6.45, 7) is 4.39. The minimum atomic E-state index is 0.0280. The summed E-state index contributed by atoms with van der Waals surface area (Å²) in [5.74, 6) is 1.53. The number of hydrogen-bond acceptors (Lipinski definition) is 3. The minimum Gasteiger partial charge on any atom is -0.493 e. The topological polar surface area (TPSA) is 35.5 Å². The van der Waals surface area contributed by atoms with Crippen LogP contribution in [-0.2, 0) is 6.61 Å². The number of Topliss-reactive ketones (excluding diaryl/α,β-unsaturated/α-hetero) is 1. The maximum Gasteiger partial charge on any atom is 0.159 e. The normalized spacial score (nSPS) is 10.2. The van der Waals surface area contributed by atoms with Gasteiger partial charge in [0.05, 0.1) is 11.1 Å². The summed E-state index contributed by atoms with van der Waals surface area (Å²) in [4.78, 5) is 11.5. The maximum absolute atomic E-state index is 11.5. The Bertz CT molecular complexity index is 638. The van der Waals surface area contributed by atoms with Crippen molar-refractivity contribution in [1.29, 1.82) is 0 Å². The second-order valence-corrected chi connectivity index (χ2v) is 5.39. The van der Waals surface area contributed by atoms with Crippen molar-refractivity contribution in [1.82, 2.24) is 0 Å². The first-order chi connectivity index (χ1) is 10.1. The first-order valence-corrected chi connectivity index (χ1v) is 7.55. The zero-order valence-corrected chi connectivity index (χ0v) is 13.6. The van der Waals surface area contributed by atoms with Gasteiger partial charge in [0.2, 0.25) is 0 Å². The molecule has 2 aromatic rings. The molecule has 3 nitrogen and oxygen atoms in total. The molecule has 0 aliphatic rings. The van der Waals surface area contributed by atoms with Crippen LogP contribution in [0.1, 0.15) is 29.8 Å². The summed E-state index contributed by atoms with van der Waals surface area (Å²) in [6.07, 6.45) is 0. The van der Waals surface area contributed by atoms with Crippen LogP contribution in [0.25, 0.3) is 0 Å². The van der Waals surface area contributed by atoms with Gasteiger partial charge in [0.25, 0.3) is 0 Å². The summed E-state index contributed by atoms with van der Waals surface area (Å²) >= 11 is 3.45. The Labute approximate surface area is 133 Å². The first-order valence-electron chi connectivity index (χ1n) is 6.75. The highest BCUT2D eigenvalue weighted by molar-refractivity contribution is 9.10. The van der Waals surface area contributed by atoms with Crippen molar-refractivity contribution in [2.75, 3.05) is 6.61 Å². The van der Waals surface area contributed by atoms with Crippen LogP contribution in [0.3, 0.4) is 0 Å². The molecule has 4 heteroatoms. The van der Waals surface area contributed by atoms with E-state index in [0.717, 1.165) is 21.5 Å². The molecule has 0 saturated carbocycles. The zero-order valence-electron chi connectivity index (χ0n) is 12.1. The Morgan fingerprint density at radius 3 is 2.52 bits per heavy atom. The van der Waals surface area contributed by atoms with Gasteiger partial charge in [0.1, 0.15) is 18.1 Å². The van der Waals surface area contributed by atoms with Gasteiger partial charge in [0, 0.05) is 11.1 Å². The Morgan fingerprint density at radius 2 is 1.86 bits per heavy atom. The van der Waals surface area contributed by atoms with Crippen LogP contribution in [-0.4, -0.2) is 12.4 Å². The number of carbonyl (C=O) groups excluding carboxylic acids is 1. The largest absolute Gasteiger partial charge is 0.493 e. The number of rotatable bonds is 6. The van der Waals surface area contributed by atoms with Crippen molar-refractivity contribution in [2.24, 2.45) is 0 Å². The van der Waals surface area contributed by atoms with Gasteiger partial charge in [-0.2, -0.15) is 0 Å². The number of benzene rings is 2. The molecule has 0 saturated heterocycles. The monoisotopic (exact) mass is 348 g/mol. The quantitative estimate of drug-likeness (QED) is 0.714. The lowest BCUT2D eigenvalue weighted by Gasteiger charge is -2.13. The zero-order chi connectivity index (χ0) is 15.2. The summed E-state index contributed by atoms with van der Waals surface area (Å²) in [5, 5.41) is 0. The highest BCUT2D eigenvalue weighted by Crippen LogP contribution is 2.27. The van der Waals surface area contributed by atoms with Gasteiger partial charge in [-0.15, -0.1) is 0 Å². The van der Waals surface area contributed by atoms with Crippen molar-refractivity contribution in [2.45, 2.75) is 20.5 Å². The highest BCUT2D eigenvalue weighted by Gasteiger charge is 2.09. The number of carbonyl (C=O) groups is 1. The molecule has 0 aromatic heterocycles. The van der Waals surface area contributed by atoms with Crippen molar-refractivity contribution in [3.05, 3.63) is 58.1 Å². The molecule has 0 unspecified atom stereocenters. The second-order valence-electron chi connectivity index (χ2n) is 4.53. The van der Waals surface area contributed by atoms with E-state index in [4.69, 9.17) is 9.47 Å². The Morgan fingerprint density at radius 1 is 1.10 bits per heavy atom. The molecule has 2 rings (SSSR count). The van der Waals surface area contributed by atoms with E-state index in [9.17, 15) is 4.79 Å². The Hall–Kier alpha value is -1.81. The van der Waals surface area contributed by atoms with E-state index in [1.165, 1.54) is 0 Å². The molecular weight excluding hydrogens is 332 g/mol. The number of para-hydroxylation sites is 1. The molecule has 0 spiro atoms. The Balaban J connectivity index is 2.22. The fourth-order valence-corrected chi connectivity index (χ4v) is 2.32. The predicted molar refractivity (Wildman–Crippen MR) is 86.1 cm³/mol. The summed E-state index contributed by atoms with van der Waals surface area (Å²) in [6, 6.07) is 13.1. The third kappa shape index (κ3) is 4.08. The first kappa shape index (κ1) is 15.6. The van der Waals surface area contributed by atoms with Crippen molar-refractivity contribution >= 4 is 21.7 Å². The van der Waals surface area contributed by atoms with Gasteiger partial charge >= 0.3 is 0 Å². The molecule has 0 N–H and O–H groups in total. The summed E-state index contributed by atoms with van der Waals surface area (Å²) in [7, 11) is 0. The summed E-state index contributed by atoms with van der Waals surface area (Å²) in [5.41, 5.74) is 1.52. The van der Waals surface area contributed by atoms with Crippen molar-refractivity contribution in [3.63, 3.8) is 0 Å². The molecule has 0 fully saturated rings. The molecule has 2 aromatic carbocycles. The molecule has 0 radical (unpaired) electrons. The van der Waals surface area contributed by atoms with E-state index >= 15 is 0 Å². The smallest absolute Gasteiger partial charge is 0.159 e. The van der Waals surface area contributed by atoms with E-state index in [0.29, 0.717) is 18.8 Å². The maximum atomic E-state index is 11.5. The third-order valence-electron chi connectivity index (χ3n) is 2.99. The predicted octanol–water partition coefficient (Wildman–Crippen LogP) is 4.63. The lowest BCUT2D eigenvalue weighted by atomic mass is 10.1. The van der Waals surface area contributed by atoms with Gasteiger partial charge in [-0.1, -0.05) is 12.1 Å². The number of ketones is 1. The van der Waals surface area contributed by atoms with E-state index in [1.54, 1.807) is 13.0 Å². The SMILES string of the molecule is CCOc1ccc(C(C)=O)cc1COc1ccccc1Br. The molecule has 0 aliphatic heterocycles. The molecule has 0 heterocycles. The number of hydrogen-bond donors (Lipinski definition) is 0. The molecule has 21 heavy (non-hydrogen) atoms. The lowest BCUT2D eigenvalue weighted by Crippen LogP contribution is -2.03. The van der Waals surface area contributed by atoms with Crippen LogP contribution >= 0.6 is 15.9 Å². The van der Waals surface area contributed by atoms with Gasteiger partial charge in [-0.25, -0.2) is 0 Å². The van der Waals surface area contributed by atoms with Crippen LogP contribution < -0.4 is 9.47 Å². The van der Waals surface area contributed by atoms with Crippen LogP contribution in [0.4, 0.5) is 0 Å². The van der Waals surface area contributed by atoms with Crippen LogP contribution in [0.2, 0.25) is 0 Å². The average Bonchev–Trinajstić information content (AvgIpc) is 2.47. The van der Waals surface area contributed by atoms with E-state index < -0.39 is 0 Å². The van der Waals surface area contributed by atoms with E-state index in [2.05, 4.69) is 15.9 Å². The van der Waals surface area contributed by atoms with Gasteiger partial charge in [-0.3, -0.25) is 4.79 Å². The fourth-order valence-electron chi connectivity index (χ4n) is 1.92. The Kier molecular flexibility index (Phi) is 5.39. The molecule has 0 bridgehead atoms. The second kappa shape index (κ2) is 7.27. The fraction of sp³-hybridized carbons (Fsp3) is 0.235. The van der Waals surface area contributed by atoms with Crippen molar-refractivity contribution in [3.8, 4) is 11.5 Å². The molecule has 0 aliphatic carbocycles. The van der Waals surface area contributed by atoms with Crippen LogP contribution in [0, 0.1) is 0 Å². The van der Waals surface area contributed by atoms with E-state index in [-0.39, 0.29) is 5.78 Å². The van der Waals surface area contributed by atoms with Crippen molar-refractivity contribution < 1.29 is 14.3 Å². The molecule has 0 amide bonds. The molecule has 110 valence electrons. The summed E-state index contributed by atoms with van der Waals surface area (Å²) < 4.78 is 12.3. The highest BCUT2D eigenvalue weighted by atomic mass is 79.9. The third-order valence-corrected chi connectivity index (χ3v) is 3.64. The standard InChI is InChI=1S/C17H17BrO3/c1-3-20-16-9-8-13(12(2)19)10-14(16)11-21-17-7-5-4-6-15(17)18/h4-10H,3,11H2,1-2H3. The van der Waals surface area contributed by atoms with Crippen LogP contribution in [0.5, 0.6) is 11.5 Å². The molecular formula is C17H17BrO3. The van der Waals surface area contributed by atoms with Crippen LogP contribution in [0.15, 0.2) is 46.9 Å². The van der Waals surface area contributed by atoms with E-state index in [1.807, 2.05) is 43.3 Å². The minimum absolute atomic E-state index is 0.0280. The average molecular weight is 349 g/mol. The van der Waals surface area contributed by atoms with Gasteiger partial charge in [-0.05, 0) is 60.1 Å². The van der Waals surface area contributed by atoms with Gasteiger partial charge < -0.3 is 9.47 Å². The lowest BCUT2D eigenvalue weighted by molar-refractivity contribution is 0.101. The van der Waals surface area contributed by atoms with Gasteiger partial charge in [0.15, 0.2) is 5.78 Å².